The molecule has 1 aliphatic carbocycles. The van der Waals surface area contributed by atoms with E-state index in [0.717, 1.165) is 6.54 Å². The van der Waals surface area contributed by atoms with Crippen LogP contribution >= 0.6 is 0 Å². The Morgan fingerprint density at radius 1 is 1.32 bits per heavy atom. The standard InChI is InChI=1S/C17H27N3O2/c1-13-16(22)15(14(11-21)9-19-13)10-18-12-17(20(2)3)7-5-4-6-8-17/h9-10,21-22H,4-8,11-12H2,1-3H3/p+1. The Morgan fingerprint density at radius 2 is 2.00 bits per heavy atom. The van der Waals surface area contributed by atoms with E-state index < -0.39 is 0 Å². The van der Waals surface area contributed by atoms with E-state index in [9.17, 15) is 10.2 Å². The highest BCUT2D eigenvalue weighted by molar-refractivity contribution is 5.85. The van der Waals surface area contributed by atoms with Crippen molar-refractivity contribution < 1.29 is 15.1 Å². The molecular weight excluding hydrogens is 278 g/mol. The molecule has 1 saturated carbocycles. The Hall–Kier alpha value is -1.46. The van der Waals surface area contributed by atoms with Crippen LogP contribution in [0.2, 0.25) is 0 Å². The number of aromatic hydroxyl groups is 1. The topological polar surface area (TPSA) is 70.2 Å². The fourth-order valence-corrected chi connectivity index (χ4v) is 3.28. The van der Waals surface area contributed by atoms with Gasteiger partial charge in [-0.15, -0.1) is 0 Å². The molecule has 22 heavy (non-hydrogen) atoms. The highest BCUT2D eigenvalue weighted by Gasteiger charge is 2.37. The number of quaternary nitrogens is 1. The van der Waals surface area contributed by atoms with Crippen molar-refractivity contribution in [2.75, 3.05) is 20.6 Å². The van der Waals surface area contributed by atoms with Crippen molar-refractivity contribution in [3.63, 3.8) is 0 Å². The van der Waals surface area contributed by atoms with Crippen LogP contribution in [0.15, 0.2) is 11.2 Å². The zero-order chi connectivity index (χ0) is 16.2. The number of aliphatic hydroxyl groups excluding tert-OH is 1. The molecule has 1 aromatic heterocycles. The maximum Gasteiger partial charge on any atom is 0.145 e. The van der Waals surface area contributed by atoms with Gasteiger partial charge in [-0.05, 0) is 19.8 Å². The predicted octanol–water partition coefficient (Wildman–Crippen LogP) is 0.854. The van der Waals surface area contributed by atoms with Crippen LogP contribution in [0.4, 0.5) is 0 Å². The van der Waals surface area contributed by atoms with Crippen LogP contribution in [0.25, 0.3) is 0 Å². The lowest BCUT2D eigenvalue weighted by molar-refractivity contribution is -0.915. The number of pyridine rings is 1. The van der Waals surface area contributed by atoms with Gasteiger partial charge in [0.15, 0.2) is 0 Å². The van der Waals surface area contributed by atoms with Gasteiger partial charge in [0, 0.05) is 36.4 Å². The average Bonchev–Trinajstić information content (AvgIpc) is 2.52. The summed E-state index contributed by atoms with van der Waals surface area (Å²) in [6, 6.07) is 0. The highest BCUT2D eigenvalue weighted by Crippen LogP contribution is 2.26. The van der Waals surface area contributed by atoms with Gasteiger partial charge in [-0.2, -0.15) is 0 Å². The number of likely N-dealkylation sites (N-methyl/N-ethyl adjacent to an activating group) is 1. The summed E-state index contributed by atoms with van der Waals surface area (Å²) in [6.45, 7) is 2.35. The fourth-order valence-electron chi connectivity index (χ4n) is 3.28. The number of hydrogen-bond donors (Lipinski definition) is 3. The van der Waals surface area contributed by atoms with Crippen LogP contribution < -0.4 is 4.90 Å². The van der Waals surface area contributed by atoms with Gasteiger partial charge >= 0.3 is 0 Å². The van der Waals surface area contributed by atoms with Gasteiger partial charge in [0.2, 0.25) is 0 Å². The van der Waals surface area contributed by atoms with Crippen molar-refractivity contribution in [2.45, 2.75) is 51.2 Å². The van der Waals surface area contributed by atoms with Crippen molar-refractivity contribution in [3.8, 4) is 5.75 Å². The second-order valence-electron chi connectivity index (χ2n) is 6.60. The van der Waals surface area contributed by atoms with Gasteiger partial charge in [0.1, 0.15) is 11.3 Å². The van der Waals surface area contributed by atoms with Crippen LogP contribution in [0, 0.1) is 6.92 Å². The van der Waals surface area contributed by atoms with E-state index in [1.54, 1.807) is 19.3 Å². The third-order valence-corrected chi connectivity index (χ3v) is 5.01. The summed E-state index contributed by atoms with van der Waals surface area (Å²) in [7, 11) is 4.40. The van der Waals surface area contributed by atoms with E-state index in [0.29, 0.717) is 16.8 Å². The zero-order valence-corrected chi connectivity index (χ0v) is 13.9. The summed E-state index contributed by atoms with van der Waals surface area (Å²) in [5, 5.41) is 19.6. The third kappa shape index (κ3) is 3.47. The first-order chi connectivity index (χ1) is 10.5. The molecule has 1 fully saturated rings. The maximum atomic E-state index is 10.1. The number of rotatable bonds is 5. The van der Waals surface area contributed by atoms with E-state index in [4.69, 9.17) is 0 Å². The molecule has 0 saturated heterocycles. The van der Waals surface area contributed by atoms with E-state index in [-0.39, 0.29) is 17.9 Å². The van der Waals surface area contributed by atoms with Crippen LogP contribution in [-0.2, 0) is 6.61 Å². The molecule has 0 spiro atoms. The molecule has 0 atom stereocenters. The molecule has 1 heterocycles. The van der Waals surface area contributed by atoms with Crippen molar-refractivity contribution in [1.29, 1.82) is 0 Å². The van der Waals surface area contributed by atoms with Gasteiger partial charge in [0.05, 0.1) is 32.9 Å². The minimum atomic E-state index is -0.147. The van der Waals surface area contributed by atoms with E-state index >= 15 is 0 Å². The molecular formula is C17H28N3O2+. The summed E-state index contributed by atoms with van der Waals surface area (Å²) in [6.07, 6.45) is 9.54. The number of nitrogens with zero attached hydrogens (tertiary/aromatic N) is 2. The SMILES string of the molecule is Cc1ncc(CO)c(C=NCC2([NH+](C)C)CCCCC2)c1O. The number of aryl methyl sites for hydroxylation is 1. The first kappa shape index (κ1) is 16.9. The Labute approximate surface area is 132 Å². The molecule has 3 N–H and O–H groups in total. The molecule has 0 aromatic carbocycles. The quantitative estimate of drug-likeness (QED) is 0.707. The van der Waals surface area contributed by atoms with Crippen molar-refractivity contribution >= 4 is 6.21 Å². The summed E-state index contributed by atoms with van der Waals surface area (Å²) in [5.74, 6) is 0.116. The smallest absolute Gasteiger partial charge is 0.145 e. The van der Waals surface area contributed by atoms with Gasteiger partial charge in [-0.1, -0.05) is 6.42 Å². The first-order valence-corrected chi connectivity index (χ1v) is 8.09. The molecule has 122 valence electrons. The molecule has 0 aliphatic heterocycles. The molecule has 2 rings (SSSR count). The van der Waals surface area contributed by atoms with E-state index in [1.165, 1.54) is 37.0 Å². The number of aliphatic imine (C=N–C) groups is 1. The summed E-state index contributed by atoms with van der Waals surface area (Å²) in [5.41, 5.74) is 1.96. The summed E-state index contributed by atoms with van der Waals surface area (Å²) < 4.78 is 0. The normalized spacial score (nSPS) is 18.2. The Kier molecular flexibility index (Phi) is 5.53. The number of hydrogen-bond acceptors (Lipinski definition) is 4. The van der Waals surface area contributed by atoms with Crippen molar-refractivity contribution in [1.82, 2.24) is 4.98 Å². The second-order valence-corrected chi connectivity index (χ2v) is 6.60. The van der Waals surface area contributed by atoms with Gasteiger partial charge in [-0.25, -0.2) is 0 Å². The van der Waals surface area contributed by atoms with Crippen LogP contribution in [0.3, 0.4) is 0 Å². The van der Waals surface area contributed by atoms with E-state index in [2.05, 4.69) is 24.1 Å². The molecule has 5 nitrogen and oxygen atoms in total. The number of nitrogens with one attached hydrogen (secondary N) is 1. The minimum Gasteiger partial charge on any atom is -0.505 e. The summed E-state index contributed by atoms with van der Waals surface area (Å²) in [4.78, 5) is 10.1. The Morgan fingerprint density at radius 3 is 2.59 bits per heavy atom. The van der Waals surface area contributed by atoms with Crippen LogP contribution in [0.5, 0.6) is 5.75 Å². The molecule has 0 radical (unpaired) electrons. The first-order valence-electron chi connectivity index (χ1n) is 8.09. The monoisotopic (exact) mass is 306 g/mol. The molecule has 1 aromatic rings. The molecule has 0 bridgehead atoms. The molecule has 0 unspecified atom stereocenters. The van der Waals surface area contributed by atoms with Crippen molar-refractivity contribution in [2.24, 2.45) is 4.99 Å². The second kappa shape index (κ2) is 7.20. The molecule has 0 amide bonds. The maximum absolute atomic E-state index is 10.1. The zero-order valence-electron chi connectivity index (χ0n) is 13.9. The van der Waals surface area contributed by atoms with Crippen LogP contribution in [-0.4, -0.2) is 47.6 Å². The van der Waals surface area contributed by atoms with Gasteiger partial charge in [0.25, 0.3) is 0 Å². The Bertz CT molecular complexity index is 535. The lowest BCUT2D eigenvalue weighted by Gasteiger charge is -2.38. The highest BCUT2D eigenvalue weighted by atomic mass is 16.3. The fraction of sp³-hybridized carbons (Fsp3) is 0.647. The Balaban J connectivity index is 2.19. The number of aliphatic hydroxyl groups is 1. The van der Waals surface area contributed by atoms with Crippen molar-refractivity contribution in [3.05, 3.63) is 23.0 Å². The molecule has 1 aliphatic rings. The van der Waals surface area contributed by atoms with Gasteiger partial charge < -0.3 is 15.1 Å². The third-order valence-electron chi connectivity index (χ3n) is 5.01. The lowest BCUT2D eigenvalue weighted by atomic mass is 9.81. The predicted molar refractivity (Wildman–Crippen MR) is 87.6 cm³/mol. The summed E-state index contributed by atoms with van der Waals surface area (Å²) >= 11 is 0. The average molecular weight is 306 g/mol. The van der Waals surface area contributed by atoms with Crippen LogP contribution in [0.1, 0.15) is 48.9 Å². The number of aromatic nitrogens is 1. The van der Waals surface area contributed by atoms with E-state index in [1.807, 2.05) is 0 Å². The van der Waals surface area contributed by atoms with Gasteiger partial charge in [-0.3, -0.25) is 9.98 Å². The lowest BCUT2D eigenvalue weighted by Crippen LogP contribution is -3.16. The minimum absolute atomic E-state index is 0.116. The largest absolute Gasteiger partial charge is 0.505 e. The molecule has 5 heteroatoms.